The first-order chi connectivity index (χ1) is 14.8. The van der Waals surface area contributed by atoms with Crippen molar-refractivity contribution in [3.63, 3.8) is 0 Å². The molecule has 1 aliphatic heterocycles. The normalized spacial score (nSPS) is 14.3. The molecule has 0 radical (unpaired) electrons. The standard InChI is InChI=1S/C22H21N5O3/c1-29-18-6-3-2-5-16(18)17-15-24-20(21-23-8-9-27(17)21)25-10-12-26(13-11-25)22(28)19-7-4-14-30-19/h2-9,14-15H,10-13H2,1H3. The summed E-state index contributed by atoms with van der Waals surface area (Å²) < 4.78 is 12.8. The van der Waals surface area contributed by atoms with Crippen molar-refractivity contribution in [2.45, 2.75) is 0 Å². The Morgan fingerprint density at radius 3 is 2.67 bits per heavy atom. The first-order valence-electron chi connectivity index (χ1n) is 9.79. The molecule has 152 valence electrons. The molecule has 1 saturated heterocycles. The zero-order valence-corrected chi connectivity index (χ0v) is 16.6. The lowest BCUT2D eigenvalue weighted by molar-refractivity contribution is 0.0714. The van der Waals surface area contributed by atoms with Gasteiger partial charge in [0.15, 0.2) is 17.2 Å². The maximum absolute atomic E-state index is 12.5. The third kappa shape index (κ3) is 3.06. The summed E-state index contributed by atoms with van der Waals surface area (Å²) in [7, 11) is 1.66. The summed E-state index contributed by atoms with van der Waals surface area (Å²) in [4.78, 5) is 25.8. The number of carbonyl (C=O) groups excluding carboxylic acids is 1. The van der Waals surface area contributed by atoms with Crippen LogP contribution in [0.15, 0.2) is 65.7 Å². The van der Waals surface area contributed by atoms with E-state index in [-0.39, 0.29) is 5.91 Å². The maximum atomic E-state index is 12.5. The minimum Gasteiger partial charge on any atom is -0.496 e. The van der Waals surface area contributed by atoms with Crippen molar-refractivity contribution < 1.29 is 13.9 Å². The molecule has 4 heterocycles. The number of carbonyl (C=O) groups is 1. The second kappa shape index (κ2) is 7.55. The molecule has 30 heavy (non-hydrogen) atoms. The fourth-order valence-corrected chi connectivity index (χ4v) is 3.86. The predicted molar refractivity (Wildman–Crippen MR) is 112 cm³/mol. The van der Waals surface area contributed by atoms with Crippen LogP contribution in [-0.4, -0.2) is 58.5 Å². The molecule has 8 heteroatoms. The van der Waals surface area contributed by atoms with Gasteiger partial charge < -0.3 is 19.0 Å². The minimum atomic E-state index is -0.0786. The Morgan fingerprint density at radius 1 is 1.07 bits per heavy atom. The average Bonchev–Trinajstić information content (AvgIpc) is 3.50. The Balaban J connectivity index is 1.42. The number of benzene rings is 1. The molecule has 3 aromatic heterocycles. The van der Waals surface area contributed by atoms with Crippen molar-refractivity contribution in [1.29, 1.82) is 0 Å². The summed E-state index contributed by atoms with van der Waals surface area (Å²) in [6, 6.07) is 11.3. The highest BCUT2D eigenvalue weighted by atomic mass is 16.5. The number of piperazine rings is 1. The van der Waals surface area contributed by atoms with E-state index in [1.165, 1.54) is 6.26 Å². The van der Waals surface area contributed by atoms with E-state index in [9.17, 15) is 4.79 Å². The van der Waals surface area contributed by atoms with Crippen molar-refractivity contribution >= 4 is 17.4 Å². The molecule has 0 spiro atoms. The van der Waals surface area contributed by atoms with Crippen LogP contribution >= 0.6 is 0 Å². The molecule has 0 bridgehead atoms. The number of fused-ring (bicyclic) bond motifs is 1. The van der Waals surface area contributed by atoms with Crippen LogP contribution in [0.2, 0.25) is 0 Å². The third-order valence-corrected chi connectivity index (χ3v) is 5.39. The molecule has 1 amide bonds. The number of nitrogens with zero attached hydrogens (tertiary/aromatic N) is 5. The Labute approximate surface area is 173 Å². The zero-order chi connectivity index (χ0) is 20.5. The summed E-state index contributed by atoms with van der Waals surface area (Å²) in [5, 5.41) is 0. The van der Waals surface area contributed by atoms with Crippen molar-refractivity contribution in [1.82, 2.24) is 19.3 Å². The van der Waals surface area contributed by atoms with Crippen LogP contribution in [0.1, 0.15) is 10.6 Å². The monoisotopic (exact) mass is 403 g/mol. The Hall–Kier alpha value is -3.81. The second-order valence-electron chi connectivity index (χ2n) is 7.04. The molecule has 5 rings (SSSR count). The summed E-state index contributed by atoms with van der Waals surface area (Å²) in [5.41, 5.74) is 2.65. The smallest absolute Gasteiger partial charge is 0.289 e. The van der Waals surface area contributed by atoms with E-state index in [0.29, 0.717) is 31.9 Å². The first kappa shape index (κ1) is 18.2. The van der Waals surface area contributed by atoms with Gasteiger partial charge in [0.05, 0.1) is 25.3 Å². The zero-order valence-electron chi connectivity index (χ0n) is 16.6. The quantitative estimate of drug-likeness (QED) is 0.522. The van der Waals surface area contributed by atoms with Crippen LogP contribution in [0.3, 0.4) is 0 Å². The Kier molecular flexibility index (Phi) is 4.59. The summed E-state index contributed by atoms with van der Waals surface area (Å²) in [6.07, 6.45) is 7.07. The predicted octanol–water partition coefficient (Wildman–Crippen LogP) is 2.96. The van der Waals surface area contributed by atoms with Crippen LogP contribution < -0.4 is 9.64 Å². The fraction of sp³-hybridized carbons (Fsp3) is 0.227. The third-order valence-electron chi connectivity index (χ3n) is 5.39. The average molecular weight is 403 g/mol. The first-order valence-corrected chi connectivity index (χ1v) is 9.79. The largest absolute Gasteiger partial charge is 0.496 e. The highest BCUT2D eigenvalue weighted by Crippen LogP contribution is 2.31. The number of ether oxygens (including phenoxy) is 1. The van der Waals surface area contributed by atoms with Crippen molar-refractivity contribution in [3.8, 4) is 17.0 Å². The number of rotatable bonds is 4. The summed E-state index contributed by atoms with van der Waals surface area (Å²) in [6.45, 7) is 2.55. The van der Waals surface area contributed by atoms with Gasteiger partial charge in [-0.1, -0.05) is 12.1 Å². The van der Waals surface area contributed by atoms with E-state index in [2.05, 4.69) is 9.88 Å². The van der Waals surface area contributed by atoms with Gasteiger partial charge >= 0.3 is 0 Å². The second-order valence-corrected chi connectivity index (χ2v) is 7.04. The van der Waals surface area contributed by atoms with Crippen LogP contribution in [0, 0.1) is 0 Å². The SMILES string of the molecule is COc1ccccc1-c1cnc(N2CCN(C(=O)c3ccco3)CC2)c2nccn12. The van der Waals surface area contributed by atoms with Crippen LogP contribution in [0.5, 0.6) is 5.75 Å². The molecule has 1 aromatic carbocycles. The Morgan fingerprint density at radius 2 is 1.90 bits per heavy atom. The number of furan rings is 1. The molecule has 0 aliphatic carbocycles. The van der Waals surface area contributed by atoms with Crippen molar-refractivity contribution in [3.05, 3.63) is 67.0 Å². The number of anilines is 1. The molecular formula is C22H21N5O3. The number of hydrogen-bond donors (Lipinski definition) is 0. The molecule has 8 nitrogen and oxygen atoms in total. The van der Waals surface area contributed by atoms with Gasteiger partial charge in [0.25, 0.3) is 5.91 Å². The highest BCUT2D eigenvalue weighted by Gasteiger charge is 2.26. The van der Waals surface area contributed by atoms with Crippen LogP contribution in [0.4, 0.5) is 5.82 Å². The lowest BCUT2D eigenvalue weighted by Crippen LogP contribution is -2.49. The van der Waals surface area contributed by atoms with Crippen molar-refractivity contribution in [2.24, 2.45) is 0 Å². The summed E-state index contributed by atoms with van der Waals surface area (Å²) in [5.74, 6) is 1.89. The van der Waals surface area contributed by atoms with Gasteiger partial charge in [-0.05, 0) is 24.3 Å². The molecule has 0 unspecified atom stereocenters. The Bertz CT molecular complexity index is 1180. The molecular weight excluding hydrogens is 382 g/mol. The lowest BCUT2D eigenvalue weighted by atomic mass is 10.1. The number of hydrogen-bond acceptors (Lipinski definition) is 6. The number of para-hydroxylation sites is 1. The van der Waals surface area contributed by atoms with Gasteiger partial charge in [-0.2, -0.15) is 0 Å². The van der Waals surface area contributed by atoms with Crippen LogP contribution in [-0.2, 0) is 0 Å². The van der Waals surface area contributed by atoms with Gasteiger partial charge in [0.2, 0.25) is 0 Å². The molecule has 4 aromatic rings. The number of imidazole rings is 1. The van der Waals surface area contributed by atoms with Gasteiger partial charge in [-0.25, -0.2) is 9.97 Å². The van der Waals surface area contributed by atoms with Gasteiger partial charge in [-0.15, -0.1) is 0 Å². The number of methoxy groups -OCH3 is 1. The van der Waals surface area contributed by atoms with Gasteiger partial charge in [-0.3, -0.25) is 9.20 Å². The maximum Gasteiger partial charge on any atom is 0.289 e. The molecule has 0 saturated carbocycles. The molecule has 0 N–H and O–H groups in total. The van der Waals surface area contributed by atoms with Gasteiger partial charge in [0, 0.05) is 44.1 Å². The van der Waals surface area contributed by atoms with E-state index < -0.39 is 0 Å². The highest BCUT2D eigenvalue weighted by molar-refractivity contribution is 5.91. The number of aromatic nitrogens is 3. The molecule has 1 aliphatic rings. The van der Waals surface area contributed by atoms with E-state index in [4.69, 9.17) is 14.1 Å². The number of amides is 1. The summed E-state index contributed by atoms with van der Waals surface area (Å²) >= 11 is 0. The fourth-order valence-electron chi connectivity index (χ4n) is 3.86. The van der Waals surface area contributed by atoms with Gasteiger partial charge in [0.1, 0.15) is 5.75 Å². The van der Waals surface area contributed by atoms with E-state index in [1.807, 2.05) is 41.1 Å². The molecule has 1 fully saturated rings. The van der Waals surface area contributed by atoms with Crippen LogP contribution in [0.25, 0.3) is 16.9 Å². The van der Waals surface area contributed by atoms with Crippen molar-refractivity contribution in [2.75, 3.05) is 38.2 Å². The minimum absolute atomic E-state index is 0.0786. The van der Waals surface area contributed by atoms with E-state index in [0.717, 1.165) is 28.5 Å². The van der Waals surface area contributed by atoms with E-state index >= 15 is 0 Å². The molecule has 0 atom stereocenters. The topological polar surface area (TPSA) is 76.1 Å². The van der Waals surface area contributed by atoms with E-state index in [1.54, 1.807) is 30.3 Å². The lowest BCUT2D eigenvalue weighted by Gasteiger charge is -2.35.